The summed E-state index contributed by atoms with van der Waals surface area (Å²) in [5.74, 6) is 0. The van der Waals surface area contributed by atoms with E-state index in [4.69, 9.17) is 0 Å². The quantitative estimate of drug-likeness (QED) is 0.154. The molecule has 2 aromatic heterocycles. The number of hydrogen-bond acceptors (Lipinski definition) is 2. The molecule has 0 N–H and O–H groups in total. The molecule has 4 aliphatic heterocycles. The monoisotopic (exact) mass is 1060 g/mol. The molecule has 4 nitrogen and oxygen atoms in total. The van der Waals surface area contributed by atoms with Gasteiger partial charge in [0.15, 0.2) is 0 Å². The molecule has 19 rings (SSSR count). The molecule has 0 radical (unpaired) electrons. The van der Waals surface area contributed by atoms with Crippen molar-refractivity contribution in [3.05, 3.63) is 291 Å². The lowest BCUT2D eigenvalue weighted by Gasteiger charge is -2.43. The van der Waals surface area contributed by atoms with Gasteiger partial charge in [0.25, 0.3) is 13.4 Å². The Morgan fingerprint density at radius 1 is 0.238 bits per heavy atom. The molecular weight excluding hydrogens is 1010 g/mol. The van der Waals surface area contributed by atoms with Gasteiger partial charge in [0.05, 0.1) is 33.4 Å². The van der Waals surface area contributed by atoms with Gasteiger partial charge in [-0.05, 0) is 139 Å². The van der Waals surface area contributed by atoms with E-state index in [2.05, 4.69) is 310 Å². The van der Waals surface area contributed by atoms with E-state index < -0.39 is 0 Å². The molecule has 13 aromatic carbocycles. The number of anilines is 6. The van der Waals surface area contributed by atoms with Crippen molar-refractivity contribution in [1.82, 2.24) is 9.13 Å². The Balaban J connectivity index is 1.01. The smallest absolute Gasteiger partial charge is 0.252 e. The second kappa shape index (κ2) is 17.4. The van der Waals surface area contributed by atoms with Crippen LogP contribution in [0.2, 0.25) is 0 Å². The summed E-state index contributed by atoms with van der Waals surface area (Å²) in [6.45, 7) is -0.232. The van der Waals surface area contributed by atoms with Crippen LogP contribution in [0.15, 0.2) is 291 Å². The highest BCUT2D eigenvalue weighted by molar-refractivity contribution is 7.02. The van der Waals surface area contributed by atoms with Crippen LogP contribution in [0.4, 0.5) is 34.1 Å². The fourth-order valence-electron chi connectivity index (χ4n) is 15.4. The van der Waals surface area contributed by atoms with E-state index in [-0.39, 0.29) is 13.4 Å². The van der Waals surface area contributed by atoms with Crippen LogP contribution in [0, 0.1) is 0 Å². The zero-order valence-electron chi connectivity index (χ0n) is 45.7. The molecule has 6 heteroatoms. The Hall–Kier alpha value is -10.8. The Morgan fingerprint density at radius 2 is 0.583 bits per heavy atom. The van der Waals surface area contributed by atoms with Crippen molar-refractivity contribution in [2.45, 2.75) is 0 Å². The van der Waals surface area contributed by atoms with Crippen LogP contribution in [-0.2, 0) is 0 Å². The average Bonchev–Trinajstić information content (AvgIpc) is 3.48. The number of benzene rings is 13. The molecule has 386 valence electrons. The number of fused-ring (bicyclic) bond motifs is 16. The summed E-state index contributed by atoms with van der Waals surface area (Å²) in [7, 11) is 0. The van der Waals surface area contributed by atoms with Crippen molar-refractivity contribution in [2.24, 2.45) is 0 Å². The lowest BCUT2D eigenvalue weighted by molar-refractivity contribution is 1.16. The molecule has 0 bridgehead atoms. The molecule has 0 spiro atoms. The highest BCUT2D eigenvalue weighted by Crippen LogP contribution is 2.51. The first-order chi connectivity index (χ1) is 41.7. The maximum absolute atomic E-state index is 2.69. The first-order valence-corrected chi connectivity index (χ1v) is 29.3. The Bertz CT molecular complexity index is 4920. The third kappa shape index (κ3) is 6.23. The number of para-hydroxylation sites is 4. The van der Waals surface area contributed by atoms with E-state index in [1.165, 1.54) is 155 Å². The SMILES string of the molecule is c1ccc(-c2ccc3c4cc(-c5ccccc5)c5c6c4n(c3c2)-c2cc3c(cc2B6c2ccccc2N5c2ccccc2)-n2c4cc(-c5ccccc5)ccc4c4cc(-c5ccccc5)c5c(c42)B3c2ccccc2N5c2ccccc2)cc1. The Kier molecular flexibility index (Phi) is 9.48. The summed E-state index contributed by atoms with van der Waals surface area (Å²) < 4.78 is 5.37. The van der Waals surface area contributed by atoms with Crippen LogP contribution in [0.5, 0.6) is 0 Å². The summed E-state index contributed by atoms with van der Waals surface area (Å²) in [5, 5.41) is 5.01. The van der Waals surface area contributed by atoms with E-state index >= 15 is 0 Å². The standard InChI is InChI=1S/C78H48B2N4/c1-7-23-49(24-8-1)53-39-41-57-61-45-59(51-27-11-3-12-28-51)75-73-77(61)83(69(57)43-53)71-47-66-72(48-65(71)79(73)63-35-19-21-37-67(63)81(75)55-31-15-5-16-32-55)84-70-44-54(50-25-9-2-10-26-50)40-42-58(70)62-46-60(52-29-13-4-14-30-52)76-74(78(62)84)80(66)64-36-20-22-38-68(64)82(76)56-33-17-6-18-34-56/h1-48H. The lowest BCUT2D eigenvalue weighted by atomic mass is 9.31. The first-order valence-electron chi connectivity index (χ1n) is 29.3. The highest BCUT2D eigenvalue weighted by Gasteiger charge is 2.48. The molecule has 0 fully saturated rings. The summed E-state index contributed by atoms with van der Waals surface area (Å²) in [6.07, 6.45) is 0. The van der Waals surface area contributed by atoms with Gasteiger partial charge in [0, 0.05) is 66.8 Å². The van der Waals surface area contributed by atoms with Gasteiger partial charge in [-0.2, -0.15) is 0 Å². The third-order valence-corrected chi connectivity index (χ3v) is 18.8. The van der Waals surface area contributed by atoms with Gasteiger partial charge in [-0.15, -0.1) is 0 Å². The largest absolute Gasteiger partial charge is 0.311 e. The molecule has 4 aliphatic rings. The van der Waals surface area contributed by atoms with E-state index in [9.17, 15) is 0 Å². The molecule has 0 amide bonds. The second-order valence-electron chi connectivity index (χ2n) is 23.1. The van der Waals surface area contributed by atoms with Gasteiger partial charge in [0.1, 0.15) is 0 Å². The van der Waals surface area contributed by atoms with Gasteiger partial charge in [-0.3, -0.25) is 0 Å². The molecule has 0 saturated heterocycles. The van der Waals surface area contributed by atoms with Crippen LogP contribution in [-0.4, -0.2) is 22.6 Å². The van der Waals surface area contributed by atoms with Crippen LogP contribution >= 0.6 is 0 Å². The Labute approximate surface area is 487 Å². The minimum Gasteiger partial charge on any atom is -0.311 e. The fraction of sp³-hybridized carbons (Fsp3) is 0. The molecule has 84 heavy (non-hydrogen) atoms. The van der Waals surface area contributed by atoms with Crippen LogP contribution < -0.4 is 42.6 Å². The van der Waals surface area contributed by atoms with Crippen molar-refractivity contribution >= 4 is 124 Å². The van der Waals surface area contributed by atoms with E-state index in [0.29, 0.717) is 0 Å². The van der Waals surface area contributed by atoms with Crippen molar-refractivity contribution < 1.29 is 0 Å². The van der Waals surface area contributed by atoms with Gasteiger partial charge in [-0.25, -0.2) is 0 Å². The van der Waals surface area contributed by atoms with Gasteiger partial charge < -0.3 is 18.9 Å². The minimum absolute atomic E-state index is 0.116. The summed E-state index contributed by atoms with van der Waals surface area (Å²) in [6, 6.07) is 109. The number of nitrogens with zero attached hydrogens (tertiary/aromatic N) is 4. The lowest BCUT2D eigenvalue weighted by Crippen LogP contribution is -2.63. The normalized spacial score (nSPS) is 13.1. The van der Waals surface area contributed by atoms with E-state index in [0.717, 1.165) is 11.4 Å². The zero-order valence-corrected chi connectivity index (χ0v) is 45.7. The van der Waals surface area contributed by atoms with Crippen LogP contribution in [0.25, 0.3) is 99.5 Å². The molecule has 6 heterocycles. The minimum atomic E-state index is -0.116. The topological polar surface area (TPSA) is 16.3 Å². The van der Waals surface area contributed by atoms with E-state index in [1.54, 1.807) is 0 Å². The van der Waals surface area contributed by atoms with Crippen molar-refractivity contribution in [3.8, 4) is 55.9 Å². The first kappa shape index (κ1) is 45.9. The number of hydrogen-bond donors (Lipinski definition) is 0. The number of rotatable bonds is 6. The number of aromatic nitrogens is 2. The molecular formula is C78H48B2N4. The predicted molar refractivity (Wildman–Crippen MR) is 356 cm³/mol. The fourth-order valence-corrected chi connectivity index (χ4v) is 15.4. The van der Waals surface area contributed by atoms with Crippen molar-refractivity contribution in [1.29, 1.82) is 0 Å². The van der Waals surface area contributed by atoms with Crippen LogP contribution in [0.1, 0.15) is 0 Å². The van der Waals surface area contributed by atoms with Gasteiger partial charge in [0.2, 0.25) is 0 Å². The maximum atomic E-state index is 2.69. The Morgan fingerprint density at radius 3 is 0.976 bits per heavy atom. The van der Waals surface area contributed by atoms with Crippen molar-refractivity contribution in [2.75, 3.05) is 9.80 Å². The second-order valence-corrected chi connectivity index (χ2v) is 23.1. The predicted octanol–water partition coefficient (Wildman–Crippen LogP) is 15.8. The molecule has 15 aromatic rings. The van der Waals surface area contributed by atoms with Crippen LogP contribution in [0.3, 0.4) is 0 Å². The molecule has 0 saturated carbocycles. The van der Waals surface area contributed by atoms with Gasteiger partial charge in [-0.1, -0.05) is 218 Å². The highest BCUT2D eigenvalue weighted by atomic mass is 15.2. The van der Waals surface area contributed by atoms with E-state index in [1.807, 2.05) is 0 Å². The molecule has 0 unspecified atom stereocenters. The summed E-state index contributed by atoms with van der Waals surface area (Å²) >= 11 is 0. The molecule has 0 aliphatic carbocycles. The molecule has 0 atom stereocenters. The summed E-state index contributed by atoms with van der Waals surface area (Å²) in [4.78, 5) is 5.13. The van der Waals surface area contributed by atoms with Crippen molar-refractivity contribution in [3.63, 3.8) is 0 Å². The average molecular weight is 1060 g/mol. The third-order valence-electron chi connectivity index (χ3n) is 18.8. The summed E-state index contributed by atoms with van der Waals surface area (Å²) in [5.41, 5.74) is 32.0. The zero-order chi connectivity index (χ0) is 54.7. The maximum Gasteiger partial charge on any atom is 0.252 e. The van der Waals surface area contributed by atoms with Gasteiger partial charge >= 0.3 is 0 Å².